The summed E-state index contributed by atoms with van der Waals surface area (Å²) in [5.74, 6) is 1.49. The Bertz CT molecular complexity index is 1010. The Morgan fingerprint density at radius 3 is 2.39 bits per heavy atom. The molecule has 3 aromatic rings. The first kappa shape index (κ1) is 25.3. The molecule has 0 spiro atoms. The summed E-state index contributed by atoms with van der Waals surface area (Å²) in [5, 5.41) is 1.25. The largest absolute Gasteiger partial charge is 0.489 e. The van der Waals surface area contributed by atoms with Crippen molar-refractivity contribution in [1.29, 1.82) is 0 Å². The first-order chi connectivity index (χ1) is 15.8. The van der Waals surface area contributed by atoms with Crippen molar-refractivity contribution in [3.8, 4) is 5.75 Å². The number of pyridine rings is 1. The molecule has 0 aliphatic carbocycles. The number of benzene rings is 2. The molecule has 0 atom stereocenters. The molecular formula is C31H42NO. The topological polar surface area (TPSA) is 22.1 Å². The number of hydrogen-bond acceptors (Lipinski definition) is 2. The van der Waals surface area contributed by atoms with E-state index in [1.807, 2.05) is 6.07 Å². The predicted octanol–water partition coefficient (Wildman–Crippen LogP) is 8.73. The van der Waals surface area contributed by atoms with Crippen molar-refractivity contribution in [1.82, 2.24) is 4.98 Å². The van der Waals surface area contributed by atoms with Gasteiger partial charge in [-0.15, -0.1) is 0 Å². The lowest BCUT2D eigenvalue weighted by atomic mass is 9.82. The van der Waals surface area contributed by atoms with E-state index in [0.29, 0.717) is 12.5 Å². The van der Waals surface area contributed by atoms with Gasteiger partial charge in [0, 0.05) is 11.1 Å². The highest BCUT2D eigenvalue weighted by molar-refractivity contribution is 5.85. The highest BCUT2D eigenvalue weighted by Gasteiger charge is 2.22. The van der Waals surface area contributed by atoms with Gasteiger partial charge >= 0.3 is 0 Å². The lowest BCUT2D eigenvalue weighted by Gasteiger charge is -2.25. The predicted molar refractivity (Wildman–Crippen MR) is 142 cm³/mol. The molecule has 2 heteroatoms. The number of fused-ring (bicyclic) bond motifs is 1. The van der Waals surface area contributed by atoms with Gasteiger partial charge in [0.1, 0.15) is 12.4 Å². The average molecular weight is 445 g/mol. The SMILES string of the molecule is CCCCCCc1c([CH]C(C)(C)C)c(CC(C)C)nc2ccc(OCc3ccccc3)cc12. The molecule has 1 heterocycles. The highest BCUT2D eigenvalue weighted by Crippen LogP contribution is 2.35. The Morgan fingerprint density at radius 2 is 1.73 bits per heavy atom. The van der Waals surface area contributed by atoms with Crippen molar-refractivity contribution in [3.05, 3.63) is 77.3 Å². The van der Waals surface area contributed by atoms with Crippen LogP contribution in [0.1, 0.15) is 89.6 Å². The summed E-state index contributed by atoms with van der Waals surface area (Å²) in [4.78, 5) is 5.18. The highest BCUT2D eigenvalue weighted by atomic mass is 16.5. The van der Waals surface area contributed by atoms with Crippen molar-refractivity contribution in [2.45, 2.75) is 86.7 Å². The molecule has 3 rings (SSSR count). The molecule has 1 aromatic heterocycles. The number of ether oxygens (including phenoxy) is 1. The lowest BCUT2D eigenvalue weighted by molar-refractivity contribution is 0.306. The van der Waals surface area contributed by atoms with Crippen molar-refractivity contribution >= 4 is 10.9 Å². The van der Waals surface area contributed by atoms with E-state index in [-0.39, 0.29) is 5.41 Å². The first-order valence-electron chi connectivity index (χ1n) is 12.7. The first-order valence-corrected chi connectivity index (χ1v) is 12.7. The van der Waals surface area contributed by atoms with Crippen LogP contribution in [0.2, 0.25) is 0 Å². The van der Waals surface area contributed by atoms with Gasteiger partial charge in [-0.25, -0.2) is 0 Å². The van der Waals surface area contributed by atoms with E-state index in [1.165, 1.54) is 53.5 Å². The average Bonchev–Trinajstić information content (AvgIpc) is 2.76. The van der Waals surface area contributed by atoms with Crippen LogP contribution in [0.5, 0.6) is 5.75 Å². The lowest BCUT2D eigenvalue weighted by Crippen LogP contribution is -2.14. The van der Waals surface area contributed by atoms with Gasteiger partial charge in [0.15, 0.2) is 0 Å². The van der Waals surface area contributed by atoms with Gasteiger partial charge in [-0.05, 0) is 71.9 Å². The smallest absolute Gasteiger partial charge is 0.120 e. The maximum Gasteiger partial charge on any atom is 0.120 e. The third kappa shape index (κ3) is 7.59. The fraction of sp³-hybridized carbons (Fsp3) is 0.484. The van der Waals surface area contributed by atoms with E-state index in [9.17, 15) is 0 Å². The zero-order valence-electron chi connectivity index (χ0n) is 21.6. The second kappa shape index (κ2) is 11.7. The Kier molecular flexibility index (Phi) is 8.95. The van der Waals surface area contributed by atoms with E-state index < -0.39 is 0 Å². The number of unbranched alkanes of at least 4 members (excludes halogenated alkanes) is 3. The molecule has 0 saturated heterocycles. The van der Waals surface area contributed by atoms with Crippen LogP contribution in [0.4, 0.5) is 0 Å². The zero-order valence-corrected chi connectivity index (χ0v) is 21.6. The van der Waals surface area contributed by atoms with Crippen LogP contribution in [0, 0.1) is 17.8 Å². The minimum Gasteiger partial charge on any atom is -0.489 e. The number of rotatable bonds is 11. The summed E-state index contributed by atoms with van der Waals surface area (Å²) < 4.78 is 6.20. The van der Waals surface area contributed by atoms with E-state index in [1.54, 1.807) is 0 Å². The van der Waals surface area contributed by atoms with Crippen LogP contribution in [0.25, 0.3) is 10.9 Å². The normalized spacial score (nSPS) is 12.0. The zero-order chi connectivity index (χ0) is 23.8. The number of hydrogen-bond donors (Lipinski definition) is 0. The summed E-state index contributed by atoms with van der Waals surface area (Å²) in [6.07, 6.45) is 9.59. The van der Waals surface area contributed by atoms with Crippen molar-refractivity contribution < 1.29 is 4.74 Å². The molecule has 177 valence electrons. The maximum atomic E-state index is 6.20. The molecule has 0 N–H and O–H groups in total. The van der Waals surface area contributed by atoms with Crippen molar-refractivity contribution in [2.75, 3.05) is 0 Å². The Balaban J connectivity index is 2.04. The van der Waals surface area contributed by atoms with Crippen LogP contribution in [0.3, 0.4) is 0 Å². The third-order valence-corrected chi connectivity index (χ3v) is 5.89. The second-order valence-corrected chi connectivity index (χ2v) is 10.8. The number of nitrogens with zero attached hydrogens (tertiary/aromatic N) is 1. The van der Waals surface area contributed by atoms with Gasteiger partial charge in [-0.2, -0.15) is 0 Å². The third-order valence-electron chi connectivity index (χ3n) is 5.89. The number of aromatic nitrogens is 1. The summed E-state index contributed by atoms with van der Waals surface area (Å²) in [6.45, 7) is 14.3. The van der Waals surface area contributed by atoms with Gasteiger partial charge in [0.05, 0.1) is 5.52 Å². The molecule has 0 aliphatic rings. The van der Waals surface area contributed by atoms with Gasteiger partial charge in [0.25, 0.3) is 0 Å². The number of aryl methyl sites for hydroxylation is 1. The molecule has 0 fully saturated rings. The minimum atomic E-state index is 0.0979. The summed E-state index contributed by atoms with van der Waals surface area (Å²) in [5.41, 5.74) is 6.43. The Hall–Kier alpha value is -2.35. The molecule has 1 radical (unpaired) electrons. The molecule has 2 aromatic carbocycles. The van der Waals surface area contributed by atoms with Gasteiger partial charge < -0.3 is 4.74 Å². The van der Waals surface area contributed by atoms with Crippen molar-refractivity contribution in [3.63, 3.8) is 0 Å². The monoisotopic (exact) mass is 444 g/mol. The molecule has 0 bridgehead atoms. The maximum absolute atomic E-state index is 6.20. The van der Waals surface area contributed by atoms with E-state index >= 15 is 0 Å². The van der Waals surface area contributed by atoms with Crippen LogP contribution < -0.4 is 4.74 Å². The molecule has 33 heavy (non-hydrogen) atoms. The van der Waals surface area contributed by atoms with Crippen LogP contribution in [0.15, 0.2) is 48.5 Å². The molecule has 0 saturated carbocycles. The van der Waals surface area contributed by atoms with E-state index in [4.69, 9.17) is 9.72 Å². The molecule has 0 unspecified atom stereocenters. The Labute approximate surface area is 201 Å². The van der Waals surface area contributed by atoms with Crippen LogP contribution >= 0.6 is 0 Å². The van der Waals surface area contributed by atoms with Gasteiger partial charge in [0.2, 0.25) is 0 Å². The van der Waals surface area contributed by atoms with Gasteiger partial charge in [-0.1, -0.05) is 91.1 Å². The molecular weight excluding hydrogens is 402 g/mol. The van der Waals surface area contributed by atoms with E-state index in [2.05, 4.69) is 90.4 Å². The fourth-order valence-electron chi connectivity index (χ4n) is 4.35. The van der Waals surface area contributed by atoms with E-state index in [0.717, 1.165) is 24.1 Å². The minimum absolute atomic E-state index is 0.0979. The molecule has 0 aliphatic heterocycles. The summed E-state index contributed by atoms with van der Waals surface area (Å²) in [7, 11) is 0. The standard InChI is InChI=1S/C31H42NO/c1-7-8-9-13-16-26-27-20-25(33-22-24-14-11-10-12-15-24)17-18-29(27)32-30(19-23(2)3)28(26)21-31(4,5)6/h10-12,14-15,17-18,20-21,23H,7-9,13,16,19,22H2,1-6H3. The van der Waals surface area contributed by atoms with Crippen LogP contribution in [-0.2, 0) is 19.4 Å². The molecule has 2 nitrogen and oxygen atoms in total. The summed E-state index contributed by atoms with van der Waals surface area (Å²) >= 11 is 0. The molecule has 0 amide bonds. The van der Waals surface area contributed by atoms with Crippen LogP contribution in [-0.4, -0.2) is 4.98 Å². The summed E-state index contributed by atoms with van der Waals surface area (Å²) in [6, 6.07) is 16.8. The van der Waals surface area contributed by atoms with Crippen molar-refractivity contribution in [2.24, 2.45) is 11.3 Å². The second-order valence-electron chi connectivity index (χ2n) is 10.8. The Morgan fingerprint density at radius 1 is 0.970 bits per heavy atom. The fourth-order valence-corrected chi connectivity index (χ4v) is 4.35. The van der Waals surface area contributed by atoms with Gasteiger partial charge in [-0.3, -0.25) is 4.98 Å². The quantitative estimate of drug-likeness (QED) is 0.276.